The lowest BCUT2D eigenvalue weighted by molar-refractivity contribution is -0.141. The molecule has 1 atom stereocenters. The lowest BCUT2D eigenvalue weighted by atomic mass is 9.70. The van der Waals surface area contributed by atoms with Crippen molar-refractivity contribution in [3.63, 3.8) is 0 Å². The predicted molar refractivity (Wildman–Crippen MR) is 86.1 cm³/mol. The van der Waals surface area contributed by atoms with E-state index in [4.69, 9.17) is 9.47 Å². The molecule has 6 heteroatoms. The third-order valence-corrected chi connectivity index (χ3v) is 4.29. The summed E-state index contributed by atoms with van der Waals surface area (Å²) in [6, 6.07) is 5.74. The maximum atomic E-state index is 14.5. The van der Waals surface area contributed by atoms with E-state index < -0.39 is 28.8 Å². The molecule has 23 heavy (non-hydrogen) atoms. The number of Topliss-reactive ketones (excluding diaryl/α,β-unsaturated/α-hetero) is 1. The van der Waals surface area contributed by atoms with Gasteiger partial charge < -0.3 is 9.47 Å². The van der Waals surface area contributed by atoms with Gasteiger partial charge in [-0.1, -0.05) is 34.1 Å². The molecule has 0 aliphatic carbocycles. The number of benzene rings is 1. The fourth-order valence-electron chi connectivity index (χ4n) is 2.66. The fourth-order valence-corrected chi connectivity index (χ4v) is 3.26. The van der Waals surface area contributed by atoms with Crippen LogP contribution in [0.1, 0.15) is 26.3 Å². The summed E-state index contributed by atoms with van der Waals surface area (Å²) in [7, 11) is 0. The second-order valence-electron chi connectivity index (χ2n) is 5.07. The molecule has 0 fully saturated rings. The molecule has 0 radical (unpaired) electrons. The largest absolute Gasteiger partial charge is 0.462 e. The number of rotatable bonds is 4. The maximum absolute atomic E-state index is 14.5. The molecule has 0 bridgehead atoms. The summed E-state index contributed by atoms with van der Waals surface area (Å²) in [5.41, 5.74) is -1.59. The number of hydrogen-bond acceptors (Lipinski definition) is 4. The van der Waals surface area contributed by atoms with Gasteiger partial charge in [-0.25, -0.2) is 4.79 Å². The number of allylic oxidation sites excluding steroid dienone is 2. The Morgan fingerprint density at radius 1 is 1.35 bits per heavy atom. The number of hydrogen-bond donors (Lipinski definition) is 0. The molecule has 0 amide bonds. The van der Waals surface area contributed by atoms with Crippen molar-refractivity contribution in [1.82, 2.24) is 0 Å². The Kier molecular flexibility index (Phi) is 5.04. The Labute approximate surface area is 142 Å². The van der Waals surface area contributed by atoms with E-state index in [1.807, 2.05) is 0 Å². The van der Waals surface area contributed by atoms with Crippen molar-refractivity contribution in [2.45, 2.75) is 26.2 Å². The average Bonchev–Trinajstić information content (AvgIpc) is 2.46. The van der Waals surface area contributed by atoms with Crippen LogP contribution in [0.5, 0.6) is 0 Å². The van der Waals surface area contributed by atoms with E-state index in [0.29, 0.717) is 10.0 Å². The molecule has 1 heterocycles. The van der Waals surface area contributed by atoms with Crippen molar-refractivity contribution in [3.05, 3.63) is 57.7 Å². The molecule has 4 nitrogen and oxygen atoms in total. The Morgan fingerprint density at radius 3 is 2.57 bits per heavy atom. The van der Waals surface area contributed by atoms with E-state index in [-0.39, 0.29) is 12.4 Å². The van der Waals surface area contributed by atoms with Gasteiger partial charge in [0.2, 0.25) is 0 Å². The van der Waals surface area contributed by atoms with Crippen molar-refractivity contribution in [2.75, 3.05) is 6.61 Å². The molecule has 1 aromatic carbocycles. The highest BCUT2D eigenvalue weighted by molar-refractivity contribution is 9.10. The van der Waals surface area contributed by atoms with Gasteiger partial charge in [-0.15, -0.1) is 0 Å². The molecule has 0 aromatic heterocycles. The summed E-state index contributed by atoms with van der Waals surface area (Å²) in [5, 5.41) is 0. The van der Waals surface area contributed by atoms with Gasteiger partial charge in [-0.2, -0.15) is 4.39 Å². The third-order valence-electron chi connectivity index (χ3n) is 3.59. The minimum absolute atomic E-state index is 0.0578. The van der Waals surface area contributed by atoms with Crippen LogP contribution in [0.4, 0.5) is 4.39 Å². The molecule has 1 unspecified atom stereocenters. The van der Waals surface area contributed by atoms with Crippen LogP contribution in [0.3, 0.4) is 0 Å². The van der Waals surface area contributed by atoms with E-state index in [2.05, 4.69) is 15.9 Å². The Morgan fingerprint density at radius 2 is 2.00 bits per heavy atom. The van der Waals surface area contributed by atoms with E-state index >= 15 is 0 Å². The van der Waals surface area contributed by atoms with Crippen molar-refractivity contribution >= 4 is 27.7 Å². The Bertz CT molecular complexity index is 723. The van der Waals surface area contributed by atoms with Crippen LogP contribution in [0.25, 0.3) is 0 Å². The molecular formula is C17H16BrFO4. The summed E-state index contributed by atoms with van der Waals surface area (Å²) in [6.07, 6.45) is 1.45. The molecule has 1 aromatic rings. The van der Waals surface area contributed by atoms with Crippen LogP contribution in [0.2, 0.25) is 0 Å². The van der Waals surface area contributed by atoms with Crippen molar-refractivity contribution in [2.24, 2.45) is 0 Å². The first-order chi connectivity index (χ1) is 10.8. The number of esters is 1. The molecule has 0 saturated heterocycles. The quantitative estimate of drug-likeness (QED) is 0.739. The van der Waals surface area contributed by atoms with Crippen molar-refractivity contribution in [3.8, 4) is 0 Å². The third kappa shape index (κ3) is 2.95. The van der Waals surface area contributed by atoms with Crippen LogP contribution in [0, 0.1) is 0 Å². The Balaban J connectivity index is 2.81. The van der Waals surface area contributed by atoms with E-state index in [0.717, 1.165) is 0 Å². The first kappa shape index (κ1) is 17.4. The second kappa shape index (κ2) is 6.66. The predicted octanol–water partition coefficient (Wildman–Crippen LogP) is 3.95. The molecule has 1 aliphatic rings. The monoisotopic (exact) mass is 382 g/mol. The zero-order chi connectivity index (χ0) is 17.2. The minimum atomic E-state index is -1.60. The summed E-state index contributed by atoms with van der Waals surface area (Å²) in [5.74, 6) is -1.13. The molecule has 122 valence electrons. The van der Waals surface area contributed by atoms with Gasteiger partial charge in [0.1, 0.15) is 22.5 Å². The number of ketones is 1. The topological polar surface area (TPSA) is 52.6 Å². The number of carbonyl (C=O) groups is 2. The minimum Gasteiger partial charge on any atom is -0.462 e. The van der Waals surface area contributed by atoms with Gasteiger partial charge in [0.15, 0.2) is 0 Å². The summed E-state index contributed by atoms with van der Waals surface area (Å²) >= 11 is 3.37. The molecular weight excluding hydrogens is 367 g/mol. The zero-order valence-electron chi connectivity index (χ0n) is 13.0. The average molecular weight is 383 g/mol. The summed E-state index contributed by atoms with van der Waals surface area (Å²) < 4.78 is 25.0. The van der Waals surface area contributed by atoms with Crippen molar-refractivity contribution < 1.29 is 23.5 Å². The van der Waals surface area contributed by atoms with Gasteiger partial charge in [-0.3, -0.25) is 4.79 Å². The van der Waals surface area contributed by atoms with Gasteiger partial charge >= 0.3 is 5.97 Å². The van der Waals surface area contributed by atoms with Gasteiger partial charge in [0, 0.05) is 4.47 Å². The van der Waals surface area contributed by atoms with Gasteiger partial charge in [0.25, 0.3) is 6.01 Å². The Hall–Kier alpha value is -1.95. The molecule has 0 saturated carbocycles. The van der Waals surface area contributed by atoms with E-state index in [1.54, 1.807) is 31.2 Å². The lowest BCUT2D eigenvalue weighted by Crippen LogP contribution is -2.41. The number of ether oxygens (including phenoxy) is 2. The van der Waals surface area contributed by atoms with Gasteiger partial charge in [-0.05, 0) is 38.5 Å². The fraction of sp³-hybridized carbons (Fsp3) is 0.294. The van der Waals surface area contributed by atoms with Crippen LogP contribution >= 0.6 is 15.9 Å². The molecule has 2 rings (SSSR count). The van der Waals surface area contributed by atoms with E-state index in [9.17, 15) is 14.0 Å². The summed E-state index contributed by atoms with van der Waals surface area (Å²) in [4.78, 5) is 24.9. The number of carbonyl (C=O) groups excluding carboxylic acids is 2. The van der Waals surface area contributed by atoms with Crippen LogP contribution in [-0.2, 0) is 24.5 Å². The standard InChI is InChI=1S/C17H16BrFO4/c1-4-22-16(21)14-15(19)23-10(2)9-17(14,11(3)20)12-7-5-6-8-13(12)18/h5-9H,4H2,1-3H3. The first-order valence-corrected chi connectivity index (χ1v) is 7.84. The maximum Gasteiger partial charge on any atom is 0.342 e. The first-order valence-electron chi connectivity index (χ1n) is 7.05. The summed E-state index contributed by atoms with van der Waals surface area (Å²) in [6.45, 7) is 4.49. The molecule has 0 spiro atoms. The van der Waals surface area contributed by atoms with Gasteiger partial charge in [0.05, 0.1) is 6.61 Å². The molecule has 1 aliphatic heterocycles. The normalized spacial score (nSPS) is 20.7. The van der Waals surface area contributed by atoms with Crippen LogP contribution in [0.15, 0.2) is 52.2 Å². The van der Waals surface area contributed by atoms with Crippen LogP contribution in [-0.4, -0.2) is 18.4 Å². The van der Waals surface area contributed by atoms with Crippen LogP contribution < -0.4 is 0 Å². The van der Waals surface area contributed by atoms with Crippen molar-refractivity contribution in [1.29, 1.82) is 0 Å². The zero-order valence-corrected chi connectivity index (χ0v) is 14.6. The highest BCUT2D eigenvalue weighted by Gasteiger charge is 2.50. The highest BCUT2D eigenvalue weighted by Crippen LogP contribution is 2.45. The van der Waals surface area contributed by atoms with E-state index in [1.165, 1.54) is 19.9 Å². The molecule has 0 N–H and O–H groups in total. The lowest BCUT2D eigenvalue weighted by Gasteiger charge is -2.34. The smallest absolute Gasteiger partial charge is 0.342 e. The number of halogens is 2. The SMILES string of the molecule is CCOC(=O)C1=C(F)OC(C)=CC1(C(C)=O)c1ccccc1Br. The highest BCUT2D eigenvalue weighted by atomic mass is 79.9. The second-order valence-corrected chi connectivity index (χ2v) is 5.92.